The molecule has 0 bridgehead atoms. The lowest BCUT2D eigenvalue weighted by Gasteiger charge is -2.20. The molecule has 1 N–H and O–H groups in total. The summed E-state index contributed by atoms with van der Waals surface area (Å²) in [5.41, 5.74) is 1.52. The fraction of sp³-hybridized carbons (Fsp3) is 0.385. The number of nitrogens with one attached hydrogen (secondary N) is 1. The number of rotatable bonds is 3. The molecule has 0 saturated carbocycles. The maximum atomic E-state index is 3.89. The van der Waals surface area contributed by atoms with Crippen molar-refractivity contribution < 1.29 is 0 Å². The smallest absolute Gasteiger partial charge is 0.0651 e. The highest BCUT2D eigenvalue weighted by molar-refractivity contribution is 5.36. The van der Waals surface area contributed by atoms with Gasteiger partial charge in [-0.15, -0.1) is 6.58 Å². The van der Waals surface area contributed by atoms with E-state index in [1.165, 1.54) is 5.56 Å². The van der Waals surface area contributed by atoms with Crippen LogP contribution in [0.4, 0.5) is 0 Å². The van der Waals surface area contributed by atoms with Gasteiger partial charge < -0.3 is 5.32 Å². The first-order valence-electron chi connectivity index (χ1n) is 5.17. The van der Waals surface area contributed by atoms with Gasteiger partial charge in [0.1, 0.15) is 0 Å². The second kappa shape index (κ2) is 3.25. The SMILES string of the molecule is C=CC(C)[C@]1(c2ccccc2)N[C@H]1C. The van der Waals surface area contributed by atoms with Crippen LogP contribution in [0.2, 0.25) is 0 Å². The highest BCUT2D eigenvalue weighted by atomic mass is 15.2. The van der Waals surface area contributed by atoms with Gasteiger partial charge in [-0.3, -0.25) is 0 Å². The van der Waals surface area contributed by atoms with Crippen LogP contribution in [0.1, 0.15) is 19.4 Å². The normalized spacial score (nSPS) is 32.3. The van der Waals surface area contributed by atoms with E-state index in [1.807, 2.05) is 6.08 Å². The quantitative estimate of drug-likeness (QED) is 0.570. The molecule has 1 unspecified atom stereocenters. The molecule has 1 fully saturated rings. The summed E-state index contributed by atoms with van der Waals surface area (Å²) in [7, 11) is 0. The van der Waals surface area contributed by atoms with E-state index >= 15 is 0 Å². The Bertz CT molecular complexity index is 330. The molecule has 1 aromatic rings. The third-order valence-corrected chi connectivity index (χ3v) is 3.38. The number of hydrogen-bond donors (Lipinski definition) is 1. The third kappa shape index (κ3) is 1.20. The molecular weight excluding hydrogens is 170 g/mol. The summed E-state index contributed by atoms with van der Waals surface area (Å²) >= 11 is 0. The molecule has 2 rings (SSSR count). The van der Waals surface area contributed by atoms with Crippen molar-refractivity contribution in [3.8, 4) is 0 Å². The third-order valence-electron chi connectivity index (χ3n) is 3.38. The first-order chi connectivity index (χ1) is 6.71. The van der Waals surface area contributed by atoms with Crippen molar-refractivity contribution in [2.75, 3.05) is 0 Å². The Kier molecular flexibility index (Phi) is 2.20. The van der Waals surface area contributed by atoms with E-state index in [9.17, 15) is 0 Å². The van der Waals surface area contributed by atoms with E-state index in [0.717, 1.165) is 0 Å². The second-order valence-electron chi connectivity index (χ2n) is 4.13. The fourth-order valence-corrected chi connectivity index (χ4v) is 2.34. The molecule has 0 aromatic heterocycles. The molecule has 0 amide bonds. The van der Waals surface area contributed by atoms with Gasteiger partial charge in [-0.05, 0) is 18.4 Å². The van der Waals surface area contributed by atoms with Crippen molar-refractivity contribution in [1.29, 1.82) is 0 Å². The molecule has 1 aliphatic rings. The Morgan fingerprint density at radius 1 is 1.43 bits per heavy atom. The average molecular weight is 187 g/mol. The summed E-state index contributed by atoms with van der Waals surface area (Å²) in [6.45, 7) is 8.33. The van der Waals surface area contributed by atoms with Crippen LogP contribution >= 0.6 is 0 Å². The molecule has 0 spiro atoms. The van der Waals surface area contributed by atoms with E-state index in [0.29, 0.717) is 12.0 Å². The van der Waals surface area contributed by atoms with E-state index in [2.05, 4.69) is 56.1 Å². The first-order valence-corrected chi connectivity index (χ1v) is 5.17. The first kappa shape index (κ1) is 9.47. The van der Waals surface area contributed by atoms with E-state index in [4.69, 9.17) is 0 Å². The lowest BCUT2D eigenvalue weighted by molar-refractivity contribution is 0.505. The lowest BCUT2D eigenvalue weighted by Crippen LogP contribution is -2.22. The summed E-state index contributed by atoms with van der Waals surface area (Å²) in [4.78, 5) is 0. The zero-order valence-electron chi connectivity index (χ0n) is 8.83. The molecule has 14 heavy (non-hydrogen) atoms. The van der Waals surface area contributed by atoms with Gasteiger partial charge in [0, 0.05) is 6.04 Å². The zero-order valence-corrected chi connectivity index (χ0v) is 8.83. The zero-order chi connectivity index (χ0) is 10.2. The van der Waals surface area contributed by atoms with Crippen LogP contribution < -0.4 is 5.32 Å². The summed E-state index contributed by atoms with van der Waals surface area (Å²) in [5.74, 6) is 0.472. The molecule has 74 valence electrons. The predicted molar refractivity (Wildman–Crippen MR) is 60.1 cm³/mol. The van der Waals surface area contributed by atoms with Crippen molar-refractivity contribution in [2.45, 2.75) is 25.4 Å². The van der Waals surface area contributed by atoms with Gasteiger partial charge in [-0.1, -0.05) is 43.3 Å². The van der Waals surface area contributed by atoms with Gasteiger partial charge in [0.25, 0.3) is 0 Å². The second-order valence-corrected chi connectivity index (χ2v) is 4.13. The monoisotopic (exact) mass is 187 g/mol. The molecule has 0 radical (unpaired) electrons. The maximum absolute atomic E-state index is 3.89. The van der Waals surface area contributed by atoms with Crippen LogP contribution in [0.15, 0.2) is 43.0 Å². The van der Waals surface area contributed by atoms with Crippen molar-refractivity contribution in [2.24, 2.45) is 5.92 Å². The molecule has 1 nitrogen and oxygen atoms in total. The van der Waals surface area contributed by atoms with E-state index in [-0.39, 0.29) is 5.54 Å². The molecule has 1 saturated heterocycles. The molecule has 3 atom stereocenters. The van der Waals surface area contributed by atoms with Crippen LogP contribution in [0.5, 0.6) is 0 Å². The Hall–Kier alpha value is -1.08. The van der Waals surface area contributed by atoms with Gasteiger partial charge in [0.15, 0.2) is 0 Å². The van der Waals surface area contributed by atoms with Crippen LogP contribution in [-0.2, 0) is 5.54 Å². The molecule has 1 heteroatoms. The Morgan fingerprint density at radius 3 is 2.43 bits per heavy atom. The number of benzene rings is 1. The summed E-state index contributed by atoms with van der Waals surface area (Å²) in [6, 6.07) is 11.2. The lowest BCUT2D eigenvalue weighted by atomic mass is 9.84. The van der Waals surface area contributed by atoms with Crippen molar-refractivity contribution in [3.05, 3.63) is 48.6 Å². The Balaban J connectivity index is 2.36. The Morgan fingerprint density at radius 2 is 2.00 bits per heavy atom. The minimum absolute atomic E-state index is 0.142. The fourth-order valence-electron chi connectivity index (χ4n) is 2.34. The number of hydrogen-bond acceptors (Lipinski definition) is 1. The largest absolute Gasteiger partial charge is 0.301 e. The molecule has 1 heterocycles. The standard InChI is InChI=1S/C13H17N/c1-4-10(2)13(11(3)14-13)12-8-6-5-7-9-12/h4-11,14H,1H2,2-3H3/t10?,11-,13-/m0/s1. The van der Waals surface area contributed by atoms with Crippen molar-refractivity contribution in [3.63, 3.8) is 0 Å². The van der Waals surface area contributed by atoms with Crippen LogP contribution in [0.3, 0.4) is 0 Å². The van der Waals surface area contributed by atoms with Gasteiger partial charge in [-0.25, -0.2) is 0 Å². The van der Waals surface area contributed by atoms with Crippen molar-refractivity contribution in [1.82, 2.24) is 5.32 Å². The van der Waals surface area contributed by atoms with E-state index < -0.39 is 0 Å². The summed E-state index contributed by atoms with van der Waals surface area (Å²) in [5, 5.41) is 3.54. The predicted octanol–water partition coefficient (Wildman–Crippen LogP) is 2.70. The molecule has 1 aromatic carbocycles. The van der Waals surface area contributed by atoms with Gasteiger partial charge in [-0.2, -0.15) is 0 Å². The highest BCUT2D eigenvalue weighted by Crippen LogP contribution is 2.44. The van der Waals surface area contributed by atoms with Crippen molar-refractivity contribution >= 4 is 0 Å². The summed E-state index contributed by atoms with van der Waals surface area (Å²) < 4.78 is 0. The minimum atomic E-state index is 0.142. The summed E-state index contributed by atoms with van der Waals surface area (Å²) in [6.07, 6.45) is 2.03. The van der Waals surface area contributed by atoms with E-state index in [1.54, 1.807) is 0 Å². The van der Waals surface area contributed by atoms with Gasteiger partial charge in [0.2, 0.25) is 0 Å². The molecule has 0 aliphatic carbocycles. The highest BCUT2D eigenvalue weighted by Gasteiger charge is 2.54. The minimum Gasteiger partial charge on any atom is -0.301 e. The average Bonchev–Trinajstić information content (AvgIpc) is 2.92. The maximum Gasteiger partial charge on any atom is 0.0651 e. The van der Waals surface area contributed by atoms with Crippen LogP contribution in [0, 0.1) is 5.92 Å². The van der Waals surface area contributed by atoms with Crippen LogP contribution in [-0.4, -0.2) is 6.04 Å². The Labute approximate surface area is 85.8 Å². The topological polar surface area (TPSA) is 21.9 Å². The molecular formula is C13H17N. The van der Waals surface area contributed by atoms with Crippen LogP contribution in [0.25, 0.3) is 0 Å². The van der Waals surface area contributed by atoms with Gasteiger partial charge >= 0.3 is 0 Å². The van der Waals surface area contributed by atoms with Gasteiger partial charge in [0.05, 0.1) is 5.54 Å². The molecule has 1 aliphatic heterocycles.